The minimum absolute atomic E-state index is 0.0221. The zero-order chi connectivity index (χ0) is 23.2. The molecule has 0 aliphatic carbocycles. The zero-order valence-electron chi connectivity index (χ0n) is 18.3. The molecule has 0 atom stereocenters. The molecule has 0 radical (unpaired) electrons. The molecule has 11 heteroatoms. The summed E-state index contributed by atoms with van der Waals surface area (Å²) >= 11 is 1.61. The standard InChI is InChI=1S/C22H25F3N6OS/c1-28-6-5-15-16(13-28)33-20-19(15)21(32)31(14-26-20)12-9-29-7-10-30(11-8-29)18-4-2-3-17(27-18)22(23,24)25/h2-4,14H,5-13H2,1H3. The van der Waals surface area contributed by atoms with E-state index in [2.05, 4.69) is 26.8 Å². The van der Waals surface area contributed by atoms with Crippen molar-refractivity contribution in [2.24, 2.45) is 0 Å². The van der Waals surface area contributed by atoms with Gasteiger partial charge in [0.25, 0.3) is 5.56 Å². The molecule has 0 aromatic carbocycles. The smallest absolute Gasteiger partial charge is 0.354 e. The van der Waals surface area contributed by atoms with Crippen molar-refractivity contribution in [1.29, 1.82) is 0 Å². The Labute approximate surface area is 193 Å². The third-order valence-corrected chi connectivity index (χ3v) is 7.52. The second-order valence-corrected chi connectivity index (χ2v) is 9.71. The second-order valence-electron chi connectivity index (χ2n) is 8.62. The lowest BCUT2D eigenvalue weighted by atomic mass is 10.1. The molecule has 7 nitrogen and oxygen atoms in total. The van der Waals surface area contributed by atoms with Crippen LogP contribution in [0.15, 0.2) is 29.3 Å². The minimum atomic E-state index is -4.45. The van der Waals surface area contributed by atoms with Gasteiger partial charge in [0.1, 0.15) is 16.3 Å². The molecule has 2 aliphatic rings. The van der Waals surface area contributed by atoms with E-state index in [0.29, 0.717) is 45.1 Å². The quantitative estimate of drug-likeness (QED) is 0.575. The van der Waals surface area contributed by atoms with Crippen LogP contribution in [-0.4, -0.2) is 70.7 Å². The fourth-order valence-electron chi connectivity index (χ4n) is 4.51. The lowest BCUT2D eigenvalue weighted by molar-refractivity contribution is -0.141. The van der Waals surface area contributed by atoms with E-state index < -0.39 is 11.9 Å². The Kier molecular flexibility index (Phi) is 5.87. The summed E-state index contributed by atoms with van der Waals surface area (Å²) in [5.74, 6) is 0.350. The highest BCUT2D eigenvalue weighted by Crippen LogP contribution is 2.32. The van der Waals surface area contributed by atoms with E-state index in [1.807, 2.05) is 4.90 Å². The third-order valence-electron chi connectivity index (χ3n) is 6.40. The molecule has 0 bridgehead atoms. The van der Waals surface area contributed by atoms with Crippen LogP contribution in [0.25, 0.3) is 10.2 Å². The first-order valence-corrected chi connectivity index (χ1v) is 11.8. The molecule has 5 heterocycles. The Morgan fingerprint density at radius 3 is 2.64 bits per heavy atom. The molecule has 0 amide bonds. The van der Waals surface area contributed by atoms with E-state index in [0.717, 1.165) is 41.4 Å². The van der Waals surface area contributed by atoms with Gasteiger partial charge >= 0.3 is 6.18 Å². The predicted molar refractivity (Wildman–Crippen MR) is 122 cm³/mol. The van der Waals surface area contributed by atoms with Gasteiger partial charge in [-0.3, -0.25) is 14.3 Å². The third kappa shape index (κ3) is 4.49. The molecule has 0 N–H and O–H groups in total. The van der Waals surface area contributed by atoms with Crippen molar-refractivity contribution >= 4 is 27.4 Å². The zero-order valence-corrected chi connectivity index (χ0v) is 19.1. The summed E-state index contributed by atoms with van der Waals surface area (Å²) in [5, 5.41) is 0.769. The van der Waals surface area contributed by atoms with E-state index in [1.165, 1.54) is 10.9 Å². The van der Waals surface area contributed by atoms with Gasteiger partial charge in [0, 0.05) is 57.2 Å². The molecule has 1 fully saturated rings. The van der Waals surface area contributed by atoms with Crippen LogP contribution >= 0.6 is 11.3 Å². The topological polar surface area (TPSA) is 57.5 Å². The predicted octanol–water partition coefficient (Wildman–Crippen LogP) is 2.68. The molecule has 2 aliphatic heterocycles. The van der Waals surface area contributed by atoms with E-state index in [4.69, 9.17) is 0 Å². The van der Waals surface area contributed by atoms with Crippen molar-refractivity contribution in [2.75, 3.05) is 51.2 Å². The van der Waals surface area contributed by atoms with Crippen LogP contribution in [0.2, 0.25) is 0 Å². The number of nitrogens with zero attached hydrogens (tertiary/aromatic N) is 6. The maximum atomic E-state index is 13.2. The van der Waals surface area contributed by atoms with E-state index in [1.54, 1.807) is 28.3 Å². The highest BCUT2D eigenvalue weighted by molar-refractivity contribution is 7.18. The van der Waals surface area contributed by atoms with Crippen LogP contribution in [0.5, 0.6) is 0 Å². The monoisotopic (exact) mass is 478 g/mol. The van der Waals surface area contributed by atoms with Crippen LogP contribution in [0.3, 0.4) is 0 Å². The number of pyridine rings is 1. The molecule has 0 saturated carbocycles. The maximum Gasteiger partial charge on any atom is 0.433 e. The Hall–Kier alpha value is -2.50. The average molecular weight is 479 g/mol. The maximum absolute atomic E-state index is 13.2. The van der Waals surface area contributed by atoms with E-state index in [-0.39, 0.29) is 5.56 Å². The molecular weight excluding hydrogens is 453 g/mol. The Balaban J connectivity index is 1.23. The number of hydrogen-bond donors (Lipinski definition) is 0. The minimum Gasteiger partial charge on any atom is -0.354 e. The van der Waals surface area contributed by atoms with Crippen molar-refractivity contribution in [1.82, 2.24) is 24.3 Å². The van der Waals surface area contributed by atoms with Crippen LogP contribution in [0.1, 0.15) is 16.1 Å². The molecule has 3 aromatic heterocycles. The Bertz CT molecular complexity index is 1220. The first kappa shape index (κ1) is 22.3. The Morgan fingerprint density at radius 1 is 1.09 bits per heavy atom. The summed E-state index contributed by atoms with van der Waals surface area (Å²) in [5.41, 5.74) is 0.308. The molecule has 176 valence electrons. The number of thiophene rings is 1. The fraction of sp³-hybridized carbons (Fsp3) is 0.500. The van der Waals surface area contributed by atoms with Crippen LogP contribution in [0.4, 0.5) is 19.0 Å². The number of likely N-dealkylation sites (N-methyl/N-ethyl adjacent to an activating group) is 1. The van der Waals surface area contributed by atoms with Gasteiger partial charge in [-0.25, -0.2) is 9.97 Å². The summed E-state index contributed by atoms with van der Waals surface area (Å²) in [6.45, 7) is 5.60. The van der Waals surface area contributed by atoms with Gasteiger partial charge in [0.05, 0.1) is 11.7 Å². The largest absolute Gasteiger partial charge is 0.433 e. The molecular formula is C22H25F3N6OS. The number of aromatic nitrogens is 3. The van der Waals surface area contributed by atoms with Gasteiger partial charge in [-0.2, -0.15) is 13.2 Å². The van der Waals surface area contributed by atoms with E-state index in [9.17, 15) is 18.0 Å². The summed E-state index contributed by atoms with van der Waals surface area (Å²) in [7, 11) is 2.09. The van der Waals surface area contributed by atoms with Crippen LogP contribution in [0, 0.1) is 0 Å². The second kappa shape index (κ2) is 8.69. The number of rotatable bonds is 4. The van der Waals surface area contributed by atoms with Crippen molar-refractivity contribution in [2.45, 2.75) is 25.7 Å². The SMILES string of the molecule is CN1CCc2c(sc3ncn(CCN4CCN(c5cccc(C(F)(F)F)n5)CC4)c(=O)c23)C1. The summed E-state index contributed by atoms with van der Waals surface area (Å²) in [4.78, 5) is 29.9. The molecule has 33 heavy (non-hydrogen) atoms. The fourth-order valence-corrected chi connectivity index (χ4v) is 5.77. The normalized spacial score (nSPS) is 18.1. The summed E-state index contributed by atoms with van der Waals surface area (Å²) in [6.07, 6.45) is -1.94. The average Bonchev–Trinajstić information content (AvgIpc) is 3.17. The van der Waals surface area contributed by atoms with Gasteiger partial charge in [-0.05, 0) is 31.2 Å². The molecule has 0 unspecified atom stereocenters. The number of alkyl halides is 3. The van der Waals surface area contributed by atoms with Gasteiger partial charge in [-0.1, -0.05) is 6.07 Å². The van der Waals surface area contributed by atoms with Crippen molar-refractivity contribution in [3.05, 3.63) is 51.0 Å². The van der Waals surface area contributed by atoms with Crippen molar-refractivity contribution < 1.29 is 13.2 Å². The van der Waals surface area contributed by atoms with Gasteiger partial charge in [0.15, 0.2) is 0 Å². The first-order valence-electron chi connectivity index (χ1n) is 11.0. The van der Waals surface area contributed by atoms with Crippen molar-refractivity contribution in [3.63, 3.8) is 0 Å². The lowest BCUT2D eigenvalue weighted by Crippen LogP contribution is -2.48. The number of hydrogen-bond acceptors (Lipinski definition) is 7. The van der Waals surface area contributed by atoms with Crippen LogP contribution in [-0.2, 0) is 25.7 Å². The molecule has 1 saturated heterocycles. The summed E-state index contributed by atoms with van der Waals surface area (Å²) < 4.78 is 40.6. The highest BCUT2D eigenvalue weighted by Gasteiger charge is 2.33. The number of fused-ring (bicyclic) bond motifs is 3. The first-order chi connectivity index (χ1) is 15.8. The van der Waals surface area contributed by atoms with Gasteiger partial charge in [-0.15, -0.1) is 11.3 Å². The number of anilines is 1. The molecule has 5 rings (SSSR count). The van der Waals surface area contributed by atoms with E-state index >= 15 is 0 Å². The molecule has 3 aromatic rings. The lowest BCUT2D eigenvalue weighted by Gasteiger charge is -2.35. The number of halogens is 3. The molecule has 0 spiro atoms. The van der Waals surface area contributed by atoms with Crippen molar-refractivity contribution in [3.8, 4) is 0 Å². The Morgan fingerprint density at radius 2 is 1.88 bits per heavy atom. The van der Waals surface area contributed by atoms with Crippen LogP contribution < -0.4 is 10.5 Å². The van der Waals surface area contributed by atoms with Gasteiger partial charge < -0.3 is 9.80 Å². The highest BCUT2D eigenvalue weighted by atomic mass is 32.1. The number of piperazine rings is 1. The van der Waals surface area contributed by atoms with Gasteiger partial charge in [0.2, 0.25) is 0 Å². The summed E-state index contributed by atoms with van der Waals surface area (Å²) in [6, 6.07) is 4.00.